The number of hydrogen-bond acceptors (Lipinski definition) is 3. The van der Waals surface area contributed by atoms with Crippen LogP contribution >= 0.6 is 34.5 Å². The molecule has 0 unspecified atom stereocenters. The number of rotatable bonds is 4. The van der Waals surface area contributed by atoms with Crippen molar-refractivity contribution in [2.24, 2.45) is 0 Å². The molecule has 0 aliphatic carbocycles. The second-order valence-corrected chi connectivity index (χ2v) is 6.69. The predicted octanol–water partition coefficient (Wildman–Crippen LogP) is 4.80. The molecule has 0 saturated heterocycles. The number of Topliss-reactive ketones (excluding diaryl/α,β-unsaturated/α-hetero) is 1. The molecule has 2 heterocycles. The molecule has 0 N–H and O–H groups in total. The molecule has 0 saturated carbocycles. The van der Waals surface area contributed by atoms with Crippen LogP contribution in [0.3, 0.4) is 0 Å². The summed E-state index contributed by atoms with van der Waals surface area (Å²) in [5.41, 5.74) is 1.42. The first kappa shape index (κ1) is 14.3. The van der Waals surface area contributed by atoms with Crippen molar-refractivity contribution >= 4 is 40.3 Å². The molecule has 0 spiro atoms. The molecule has 2 aromatic heterocycles. The third-order valence-electron chi connectivity index (χ3n) is 3.02. The Hall–Kier alpha value is -1.62. The molecule has 0 radical (unpaired) electrons. The lowest BCUT2D eigenvalue weighted by molar-refractivity contribution is 0.0973. The third kappa shape index (κ3) is 3.02. The van der Waals surface area contributed by atoms with Crippen molar-refractivity contribution in [3.05, 3.63) is 63.0 Å². The van der Waals surface area contributed by atoms with Gasteiger partial charge in [0.25, 0.3) is 0 Å². The smallest absolute Gasteiger partial charge is 0.184 e. The molecule has 0 atom stereocenters. The molecule has 0 amide bonds. The molecular formula is C15H10Cl2N2OS. The van der Waals surface area contributed by atoms with Crippen LogP contribution in [-0.4, -0.2) is 15.3 Å². The standard InChI is InChI=1S/C15H10Cl2N2OS/c16-13-8-11(14(17)21-13)12(20)9-19-7-6-18-15(19)10-4-2-1-3-5-10/h1-8H,9H2. The lowest BCUT2D eigenvalue weighted by Gasteiger charge is -2.06. The highest BCUT2D eigenvalue weighted by atomic mass is 35.5. The van der Waals surface area contributed by atoms with Gasteiger partial charge in [0.05, 0.1) is 16.4 Å². The van der Waals surface area contributed by atoms with Crippen LogP contribution in [0.15, 0.2) is 48.8 Å². The van der Waals surface area contributed by atoms with Crippen molar-refractivity contribution in [2.75, 3.05) is 0 Å². The molecule has 3 nitrogen and oxygen atoms in total. The summed E-state index contributed by atoms with van der Waals surface area (Å²) in [4.78, 5) is 16.7. The summed E-state index contributed by atoms with van der Waals surface area (Å²) in [5, 5.41) is 0. The second-order valence-electron chi connectivity index (χ2n) is 4.41. The summed E-state index contributed by atoms with van der Waals surface area (Å²) in [6, 6.07) is 11.3. The average Bonchev–Trinajstić information content (AvgIpc) is 3.06. The van der Waals surface area contributed by atoms with Crippen LogP contribution in [0.25, 0.3) is 11.4 Å². The zero-order valence-corrected chi connectivity index (χ0v) is 13.1. The Morgan fingerprint density at radius 3 is 2.67 bits per heavy atom. The van der Waals surface area contributed by atoms with Gasteiger partial charge in [-0.15, -0.1) is 11.3 Å². The van der Waals surface area contributed by atoms with Crippen LogP contribution in [0.1, 0.15) is 10.4 Å². The number of carbonyl (C=O) groups is 1. The molecule has 1 aromatic carbocycles. The number of halogens is 2. The van der Waals surface area contributed by atoms with E-state index < -0.39 is 0 Å². The van der Waals surface area contributed by atoms with E-state index in [0.717, 1.165) is 11.4 Å². The van der Waals surface area contributed by atoms with Gasteiger partial charge in [0, 0.05) is 18.0 Å². The molecule has 6 heteroatoms. The highest BCUT2D eigenvalue weighted by Gasteiger charge is 2.16. The largest absolute Gasteiger partial charge is 0.323 e. The Morgan fingerprint density at radius 2 is 2.00 bits per heavy atom. The van der Waals surface area contributed by atoms with Crippen LogP contribution in [0.2, 0.25) is 8.67 Å². The first-order chi connectivity index (χ1) is 10.1. The number of thiophene rings is 1. The number of nitrogens with zero attached hydrogens (tertiary/aromatic N) is 2. The van der Waals surface area contributed by atoms with E-state index in [1.807, 2.05) is 30.3 Å². The van der Waals surface area contributed by atoms with Gasteiger partial charge in [0.15, 0.2) is 5.78 Å². The maximum Gasteiger partial charge on any atom is 0.184 e. The maximum atomic E-state index is 12.3. The van der Waals surface area contributed by atoms with Crippen molar-refractivity contribution < 1.29 is 4.79 Å². The van der Waals surface area contributed by atoms with Gasteiger partial charge < -0.3 is 4.57 Å². The topological polar surface area (TPSA) is 34.9 Å². The van der Waals surface area contributed by atoms with Gasteiger partial charge in [-0.1, -0.05) is 53.5 Å². The van der Waals surface area contributed by atoms with Gasteiger partial charge in [-0.25, -0.2) is 4.98 Å². The van der Waals surface area contributed by atoms with E-state index in [1.54, 1.807) is 23.0 Å². The van der Waals surface area contributed by atoms with E-state index in [9.17, 15) is 4.79 Å². The van der Waals surface area contributed by atoms with E-state index in [1.165, 1.54) is 11.3 Å². The number of aromatic nitrogens is 2. The minimum Gasteiger partial charge on any atom is -0.323 e. The fourth-order valence-electron chi connectivity index (χ4n) is 2.05. The molecule has 3 rings (SSSR count). The van der Waals surface area contributed by atoms with E-state index in [2.05, 4.69) is 4.98 Å². The Bertz CT molecular complexity index is 780. The van der Waals surface area contributed by atoms with Crippen molar-refractivity contribution in [3.8, 4) is 11.4 Å². The summed E-state index contributed by atoms with van der Waals surface area (Å²) < 4.78 is 2.74. The van der Waals surface area contributed by atoms with Crippen LogP contribution in [0.4, 0.5) is 0 Å². The molecule has 0 aliphatic heterocycles. The van der Waals surface area contributed by atoms with Crippen LogP contribution < -0.4 is 0 Å². The normalized spacial score (nSPS) is 10.8. The fraction of sp³-hybridized carbons (Fsp3) is 0.0667. The number of benzene rings is 1. The van der Waals surface area contributed by atoms with Crippen molar-refractivity contribution in [1.82, 2.24) is 9.55 Å². The minimum atomic E-state index is -0.0849. The maximum absolute atomic E-state index is 12.3. The zero-order valence-electron chi connectivity index (χ0n) is 10.8. The van der Waals surface area contributed by atoms with E-state index in [-0.39, 0.29) is 12.3 Å². The second kappa shape index (κ2) is 6.02. The van der Waals surface area contributed by atoms with Crippen molar-refractivity contribution in [3.63, 3.8) is 0 Å². The quantitative estimate of drug-likeness (QED) is 0.641. The molecule has 0 fully saturated rings. The lowest BCUT2D eigenvalue weighted by atomic mass is 10.2. The monoisotopic (exact) mass is 336 g/mol. The number of imidazole rings is 1. The van der Waals surface area contributed by atoms with Crippen molar-refractivity contribution in [2.45, 2.75) is 6.54 Å². The van der Waals surface area contributed by atoms with Gasteiger partial charge in [0.2, 0.25) is 0 Å². The Labute approximate surface area is 135 Å². The Morgan fingerprint density at radius 1 is 1.24 bits per heavy atom. The van der Waals surface area contributed by atoms with E-state index in [0.29, 0.717) is 14.2 Å². The molecule has 3 aromatic rings. The summed E-state index contributed by atoms with van der Waals surface area (Å²) in [6.45, 7) is 0.178. The summed E-state index contributed by atoms with van der Waals surface area (Å²) in [7, 11) is 0. The first-order valence-electron chi connectivity index (χ1n) is 6.20. The van der Waals surface area contributed by atoms with Gasteiger partial charge >= 0.3 is 0 Å². The summed E-state index contributed by atoms with van der Waals surface area (Å²) in [6.07, 6.45) is 3.46. The van der Waals surface area contributed by atoms with Crippen molar-refractivity contribution in [1.29, 1.82) is 0 Å². The number of hydrogen-bond donors (Lipinski definition) is 0. The van der Waals surface area contributed by atoms with Gasteiger partial charge in [-0.3, -0.25) is 4.79 Å². The van der Waals surface area contributed by atoms with E-state index in [4.69, 9.17) is 23.2 Å². The van der Waals surface area contributed by atoms with Crippen LogP contribution in [0.5, 0.6) is 0 Å². The van der Waals surface area contributed by atoms with Gasteiger partial charge in [-0.2, -0.15) is 0 Å². The predicted molar refractivity (Wildman–Crippen MR) is 86.3 cm³/mol. The highest BCUT2D eigenvalue weighted by molar-refractivity contribution is 7.20. The molecule has 21 heavy (non-hydrogen) atoms. The van der Waals surface area contributed by atoms with Gasteiger partial charge in [0.1, 0.15) is 10.2 Å². The van der Waals surface area contributed by atoms with Gasteiger partial charge in [-0.05, 0) is 6.07 Å². The molecule has 0 bridgehead atoms. The number of ketones is 1. The van der Waals surface area contributed by atoms with Crippen LogP contribution in [-0.2, 0) is 6.54 Å². The summed E-state index contributed by atoms with van der Waals surface area (Å²) in [5.74, 6) is 0.666. The summed E-state index contributed by atoms with van der Waals surface area (Å²) >= 11 is 13.1. The SMILES string of the molecule is O=C(Cn1ccnc1-c1ccccc1)c1cc(Cl)sc1Cl. The highest BCUT2D eigenvalue weighted by Crippen LogP contribution is 2.31. The zero-order chi connectivity index (χ0) is 14.8. The average molecular weight is 337 g/mol. The van der Waals surface area contributed by atoms with Crippen LogP contribution in [0, 0.1) is 0 Å². The number of carbonyl (C=O) groups excluding carboxylic acids is 1. The van der Waals surface area contributed by atoms with E-state index >= 15 is 0 Å². The molecule has 106 valence electrons. The minimum absolute atomic E-state index is 0.0849. The fourth-order valence-corrected chi connectivity index (χ4v) is 3.55. The molecule has 0 aliphatic rings. The Balaban J connectivity index is 1.88. The first-order valence-corrected chi connectivity index (χ1v) is 7.77. The lowest BCUT2D eigenvalue weighted by Crippen LogP contribution is -2.10. The third-order valence-corrected chi connectivity index (χ3v) is 4.51. The Kier molecular flexibility index (Phi) is 4.10. The molecular weight excluding hydrogens is 327 g/mol.